The van der Waals surface area contributed by atoms with Crippen LogP contribution in [-0.4, -0.2) is 16.2 Å². The van der Waals surface area contributed by atoms with Crippen molar-refractivity contribution in [3.63, 3.8) is 0 Å². The van der Waals surface area contributed by atoms with Crippen LogP contribution >= 0.6 is 11.6 Å². The molecule has 0 saturated carbocycles. The van der Waals surface area contributed by atoms with Gasteiger partial charge in [0.1, 0.15) is 5.82 Å². The van der Waals surface area contributed by atoms with Gasteiger partial charge in [-0.15, -0.1) is 0 Å². The molecule has 0 bridgehead atoms. The fourth-order valence-electron chi connectivity index (χ4n) is 2.10. The lowest BCUT2D eigenvalue weighted by Crippen LogP contribution is -2.24. The average molecular weight is 298 g/mol. The predicted octanol–water partition coefficient (Wildman–Crippen LogP) is 3.29. The van der Waals surface area contributed by atoms with Crippen molar-refractivity contribution in [3.05, 3.63) is 46.3 Å². The van der Waals surface area contributed by atoms with Crippen molar-refractivity contribution in [3.8, 4) is 0 Å². The fourth-order valence-corrected chi connectivity index (χ4v) is 2.33. The van der Waals surface area contributed by atoms with E-state index in [1.165, 1.54) is 12.1 Å². The Morgan fingerprint density at radius 1 is 1.45 bits per heavy atom. The van der Waals surface area contributed by atoms with Crippen LogP contribution in [0.3, 0.4) is 0 Å². The molecule has 0 radical (unpaired) electrons. The molecule has 0 amide bonds. The normalized spacial score (nSPS) is 14.2. The third-order valence-corrected chi connectivity index (χ3v) is 3.59. The summed E-state index contributed by atoms with van der Waals surface area (Å²) in [6, 6.07) is 4.20. The number of aromatic nitrogens is 2. The smallest absolute Gasteiger partial charge is 0.231 e. The molecule has 2 unspecified atom stereocenters. The minimum Gasteiger partial charge on any atom is -0.339 e. The first-order valence-electron chi connectivity index (χ1n) is 6.53. The summed E-state index contributed by atoms with van der Waals surface area (Å²) in [5.41, 5.74) is 6.65. The number of halogens is 2. The number of hydrogen-bond acceptors (Lipinski definition) is 4. The Hall–Kier alpha value is -1.46. The maximum atomic E-state index is 13.0. The zero-order valence-electron chi connectivity index (χ0n) is 11.4. The van der Waals surface area contributed by atoms with Crippen molar-refractivity contribution in [2.45, 2.75) is 38.6 Å². The maximum Gasteiger partial charge on any atom is 0.231 e. The van der Waals surface area contributed by atoms with E-state index in [4.69, 9.17) is 21.9 Å². The molecular weight excluding hydrogens is 281 g/mol. The number of benzene rings is 1. The van der Waals surface area contributed by atoms with Crippen molar-refractivity contribution < 1.29 is 8.91 Å². The van der Waals surface area contributed by atoms with Gasteiger partial charge in [-0.2, -0.15) is 4.98 Å². The van der Waals surface area contributed by atoms with E-state index in [1.807, 2.05) is 13.8 Å². The molecule has 2 N–H and O–H groups in total. The molecule has 6 heteroatoms. The van der Waals surface area contributed by atoms with Crippen LogP contribution in [-0.2, 0) is 6.42 Å². The third kappa shape index (κ3) is 3.35. The van der Waals surface area contributed by atoms with Gasteiger partial charge in [0, 0.05) is 17.5 Å². The minimum atomic E-state index is -0.365. The van der Waals surface area contributed by atoms with Crippen LogP contribution in [0.25, 0.3) is 0 Å². The van der Waals surface area contributed by atoms with Crippen molar-refractivity contribution in [2.24, 2.45) is 5.73 Å². The Kier molecular flexibility index (Phi) is 4.73. The Morgan fingerprint density at radius 2 is 2.20 bits per heavy atom. The lowest BCUT2D eigenvalue weighted by Gasteiger charge is -2.13. The summed E-state index contributed by atoms with van der Waals surface area (Å²) in [6.45, 7) is 3.93. The van der Waals surface area contributed by atoms with Gasteiger partial charge < -0.3 is 10.3 Å². The zero-order valence-corrected chi connectivity index (χ0v) is 12.2. The predicted molar refractivity (Wildman–Crippen MR) is 75.2 cm³/mol. The third-order valence-electron chi connectivity index (χ3n) is 3.24. The second-order valence-electron chi connectivity index (χ2n) is 4.84. The van der Waals surface area contributed by atoms with E-state index in [0.29, 0.717) is 23.2 Å². The van der Waals surface area contributed by atoms with Crippen LogP contribution in [0.2, 0.25) is 5.02 Å². The van der Waals surface area contributed by atoms with E-state index >= 15 is 0 Å². The SMILES string of the molecule is CCC(c1nc(Cc2ccc(F)cc2Cl)no1)C(C)N. The summed E-state index contributed by atoms with van der Waals surface area (Å²) < 4.78 is 18.2. The van der Waals surface area contributed by atoms with Gasteiger partial charge in [-0.25, -0.2) is 4.39 Å². The first-order chi connectivity index (χ1) is 9.51. The lowest BCUT2D eigenvalue weighted by molar-refractivity contribution is 0.331. The molecule has 0 aliphatic rings. The molecule has 2 rings (SSSR count). The maximum absolute atomic E-state index is 13.0. The molecule has 4 nitrogen and oxygen atoms in total. The molecule has 1 aromatic heterocycles. The summed E-state index contributed by atoms with van der Waals surface area (Å²) in [4.78, 5) is 4.35. The van der Waals surface area contributed by atoms with E-state index in [0.717, 1.165) is 12.0 Å². The van der Waals surface area contributed by atoms with Crippen molar-refractivity contribution >= 4 is 11.6 Å². The van der Waals surface area contributed by atoms with Gasteiger partial charge in [0.05, 0.1) is 5.92 Å². The van der Waals surface area contributed by atoms with Gasteiger partial charge >= 0.3 is 0 Å². The lowest BCUT2D eigenvalue weighted by atomic mass is 9.99. The highest BCUT2D eigenvalue weighted by molar-refractivity contribution is 6.31. The second-order valence-corrected chi connectivity index (χ2v) is 5.24. The Morgan fingerprint density at radius 3 is 2.80 bits per heavy atom. The van der Waals surface area contributed by atoms with Gasteiger partial charge in [0.2, 0.25) is 5.89 Å². The van der Waals surface area contributed by atoms with Crippen molar-refractivity contribution in [2.75, 3.05) is 0 Å². The van der Waals surface area contributed by atoms with Gasteiger partial charge in [-0.3, -0.25) is 0 Å². The summed E-state index contributed by atoms with van der Waals surface area (Å²) in [6.07, 6.45) is 1.23. The molecule has 0 spiro atoms. The monoisotopic (exact) mass is 297 g/mol. The van der Waals surface area contributed by atoms with Crippen molar-refractivity contribution in [1.82, 2.24) is 10.1 Å². The highest BCUT2D eigenvalue weighted by atomic mass is 35.5. The number of hydrogen-bond donors (Lipinski definition) is 1. The molecule has 0 aliphatic carbocycles. The number of rotatable bonds is 5. The van der Waals surface area contributed by atoms with E-state index in [-0.39, 0.29) is 17.8 Å². The molecule has 1 aromatic carbocycles. The molecule has 0 aliphatic heterocycles. The summed E-state index contributed by atoms with van der Waals surface area (Å²) in [7, 11) is 0. The van der Waals surface area contributed by atoms with E-state index in [2.05, 4.69) is 10.1 Å². The molecule has 2 atom stereocenters. The number of nitrogens with two attached hydrogens (primary N) is 1. The molecule has 20 heavy (non-hydrogen) atoms. The van der Waals surface area contributed by atoms with E-state index < -0.39 is 0 Å². The van der Waals surface area contributed by atoms with Crippen LogP contribution in [0.5, 0.6) is 0 Å². The molecule has 0 fully saturated rings. The van der Waals surface area contributed by atoms with Gasteiger partial charge in [-0.1, -0.05) is 29.7 Å². The van der Waals surface area contributed by atoms with E-state index in [1.54, 1.807) is 6.07 Å². The van der Waals surface area contributed by atoms with Crippen molar-refractivity contribution in [1.29, 1.82) is 0 Å². The topological polar surface area (TPSA) is 64.9 Å². The first-order valence-corrected chi connectivity index (χ1v) is 6.91. The summed E-state index contributed by atoms with van der Waals surface area (Å²) >= 11 is 5.98. The van der Waals surface area contributed by atoms with Crippen LogP contribution < -0.4 is 5.73 Å². The van der Waals surface area contributed by atoms with Gasteiger partial charge in [0.25, 0.3) is 0 Å². The van der Waals surface area contributed by atoms with Gasteiger partial charge in [0.15, 0.2) is 5.82 Å². The average Bonchev–Trinajstić information content (AvgIpc) is 2.81. The largest absolute Gasteiger partial charge is 0.339 e. The molecule has 108 valence electrons. The van der Waals surface area contributed by atoms with Crippen LogP contribution in [0, 0.1) is 5.82 Å². The first kappa shape index (κ1) is 14.9. The molecular formula is C14H17ClFN3O. The van der Waals surface area contributed by atoms with Gasteiger partial charge in [-0.05, 0) is 31.0 Å². The molecule has 2 aromatic rings. The Bertz CT molecular complexity index is 586. The second kappa shape index (κ2) is 6.33. The fraction of sp³-hybridized carbons (Fsp3) is 0.429. The van der Waals surface area contributed by atoms with Crippen LogP contribution in [0.15, 0.2) is 22.7 Å². The minimum absolute atomic E-state index is 0.0416. The standard InChI is InChI=1S/C14H17ClFN3O/c1-3-11(8(2)17)14-18-13(19-20-14)6-9-4-5-10(16)7-12(9)15/h4-5,7-8,11H,3,6,17H2,1-2H3. The van der Waals surface area contributed by atoms with Crippen LogP contribution in [0.1, 0.15) is 43.5 Å². The van der Waals surface area contributed by atoms with E-state index in [9.17, 15) is 4.39 Å². The van der Waals surface area contributed by atoms with Crippen LogP contribution in [0.4, 0.5) is 4.39 Å². The zero-order chi connectivity index (χ0) is 14.7. The summed E-state index contributed by atoms with van der Waals surface area (Å²) in [5, 5.41) is 4.29. The number of nitrogens with zero attached hydrogens (tertiary/aromatic N) is 2. The highest BCUT2D eigenvalue weighted by Crippen LogP contribution is 2.23. The Labute approximate surface area is 122 Å². The Balaban J connectivity index is 2.17. The highest BCUT2D eigenvalue weighted by Gasteiger charge is 2.21. The molecule has 1 heterocycles. The molecule has 0 saturated heterocycles. The quantitative estimate of drug-likeness (QED) is 0.919. The summed E-state index contributed by atoms with van der Waals surface area (Å²) in [5.74, 6) is 0.735.